The molecule has 1 aliphatic carbocycles. The average Bonchev–Trinajstić information content (AvgIpc) is 2.96. The van der Waals surface area contributed by atoms with Crippen LogP contribution in [-0.2, 0) is 7.05 Å². The van der Waals surface area contributed by atoms with Gasteiger partial charge in [-0.15, -0.1) is 5.10 Å². The molecule has 1 aromatic rings. The first-order valence-electron chi connectivity index (χ1n) is 8.07. The molecule has 1 saturated carbocycles. The summed E-state index contributed by atoms with van der Waals surface area (Å²) in [6.07, 6.45) is 1.16. The van der Waals surface area contributed by atoms with Crippen molar-refractivity contribution in [1.82, 2.24) is 24.6 Å². The van der Waals surface area contributed by atoms with E-state index in [1.165, 1.54) is 11.8 Å². The molecule has 1 aliphatic heterocycles. The smallest absolute Gasteiger partial charge is 0.314 e. The Bertz CT molecular complexity index is 620. The number of aromatic nitrogens is 3. The SMILES string of the molecule is COc1nc(C(=O)N2C[C@@H]3C(C)(C)C[C@]3(CN(C)C)C2)nn1C. The molecule has 0 N–H and O–H groups in total. The second-order valence-corrected chi connectivity index (χ2v) is 8.05. The zero-order valence-electron chi connectivity index (χ0n) is 15.0. The van der Waals surface area contributed by atoms with Gasteiger partial charge in [0, 0.05) is 32.1 Å². The first-order valence-corrected chi connectivity index (χ1v) is 8.07. The topological polar surface area (TPSA) is 63.5 Å². The summed E-state index contributed by atoms with van der Waals surface area (Å²) >= 11 is 0. The Morgan fingerprint density at radius 1 is 1.43 bits per heavy atom. The molecule has 3 rings (SSSR count). The van der Waals surface area contributed by atoms with Crippen molar-refractivity contribution in [2.24, 2.45) is 23.8 Å². The Kier molecular flexibility index (Phi) is 3.66. The number of carbonyl (C=O) groups is 1. The lowest BCUT2D eigenvalue weighted by Crippen LogP contribution is -2.57. The molecule has 0 aromatic carbocycles. The van der Waals surface area contributed by atoms with Crippen molar-refractivity contribution in [2.75, 3.05) is 40.8 Å². The minimum atomic E-state index is -0.0905. The molecule has 7 heteroatoms. The number of carbonyl (C=O) groups excluding carboxylic acids is 1. The number of likely N-dealkylation sites (tertiary alicyclic amines) is 1. The molecule has 0 bridgehead atoms. The van der Waals surface area contributed by atoms with Gasteiger partial charge in [0.15, 0.2) is 0 Å². The number of aryl methyl sites for hydroxylation is 1. The highest BCUT2D eigenvalue weighted by Crippen LogP contribution is 2.62. The molecule has 1 amide bonds. The second kappa shape index (κ2) is 5.19. The molecule has 2 heterocycles. The van der Waals surface area contributed by atoms with E-state index in [2.05, 4.69) is 42.9 Å². The van der Waals surface area contributed by atoms with Crippen LogP contribution >= 0.6 is 0 Å². The van der Waals surface area contributed by atoms with Crippen molar-refractivity contribution in [3.05, 3.63) is 5.82 Å². The molecule has 2 atom stereocenters. The number of hydrogen-bond donors (Lipinski definition) is 0. The number of ether oxygens (including phenoxy) is 1. The Labute approximate surface area is 137 Å². The number of methoxy groups -OCH3 is 1. The van der Waals surface area contributed by atoms with Gasteiger partial charge in [-0.2, -0.15) is 4.98 Å². The predicted molar refractivity (Wildman–Crippen MR) is 86.3 cm³/mol. The Morgan fingerprint density at radius 3 is 2.65 bits per heavy atom. The number of fused-ring (bicyclic) bond motifs is 1. The van der Waals surface area contributed by atoms with E-state index >= 15 is 0 Å². The quantitative estimate of drug-likeness (QED) is 0.823. The van der Waals surface area contributed by atoms with Gasteiger partial charge in [0.2, 0.25) is 5.82 Å². The maximum absolute atomic E-state index is 12.8. The lowest BCUT2D eigenvalue weighted by atomic mass is 9.48. The maximum Gasteiger partial charge on any atom is 0.314 e. The molecule has 0 unspecified atom stereocenters. The summed E-state index contributed by atoms with van der Waals surface area (Å²) in [6.45, 7) is 7.21. The van der Waals surface area contributed by atoms with E-state index in [1.54, 1.807) is 7.05 Å². The zero-order valence-corrected chi connectivity index (χ0v) is 15.0. The van der Waals surface area contributed by atoms with Gasteiger partial charge in [-0.1, -0.05) is 13.8 Å². The van der Waals surface area contributed by atoms with Crippen LogP contribution in [-0.4, -0.2) is 71.3 Å². The highest BCUT2D eigenvalue weighted by Gasteiger charge is 2.63. The van der Waals surface area contributed by atoms with Crippen molar-refractivity contribution in [2.45, 2.75) is 20.3 Å². The molecule has 0 spiro atoms. The van der Waals surface area contributed by atoms with E-state index in [0.717, 1.165) is 26.1 Å². The summed E-state index contributed by atoms with van der Waals surface area (Å²) in [5.41, 5.74) is 0.502. The van der Waals surface area contributed by atoms with Gasteiger partial charge in [0.25, 0.3) is 5.91 Å². The molecular weight excluding hydrogens is 294 g/mol. The summed E-state index contributed by atoms with van der Waals surface area (Å²) in [5.74, 6) is 0.669. The van der Waals surface area contributed by atoms with Crippen LogP contribution in [0.4, 0.5) is 0 Å². The average molecular weight is 321 g/mol. The van der Waals surface area contributed by atoms with Gasteiger partial charge < -0.3 is 14.5 Å². The standard InChI is InChI=1S/C16H27N5O2/c1-15(2)8-16(9-19(3)4)10-21(7-11(15)16)13(22)12-17-14(23-6)20(5)18-12/h11H,7-10H2,1-6H3/t11-,16+/m1/s1. The predicted octanol–water partition coefficient (Wildman–Crippen LogP) is 0.874. The minimum Gasteiger partial charge on any atom is -0.467 e. The van der Waals surface area contributed by atoms with Crippen LogP contribution in [0.25, 0.3) is 0 Å². The highest BCUT2D eigenvalue weighted by atomic mass is 16.5. The normalized spacial score (nSPS) is 28.7. The van der Waals surface area contributed by atoms with E-state index in [9.17, 15) is 4.79 Å². The Morgan fingerprint density at radius 2 is 2.13 bits per heavy atom. The molecule has 1 aromatic heterocycles. The number of nitrogens with zero attached hydrogens (tertiary/aromatic N) is 5. The minimum absolute atomic E-state index is 0.0905. The molecular formula is C16H27N5O2. The van der Waals surface area contributed by atoms with E-state index in [4.69, 9.17) is 4.74 Å². The third kappa shape index (κ3) is 2.51. The second-order valence-electron chi connectivity index (χ2n) is 8.05. The van der Waals surface area contributed by atoms with E-state index in [0.29, 0.717) is 17.3 Å². The van der Waals surface area contributed by atoms with Crippen LogP contribution in [0.3, 0.4) is 0 Å². The molecule has 2 aliphatic rings. The fraction of sp³-hybridized carbons (Fsp3) is 0.812. The summed E-state index contributed by atoms with van der Waals surface area (Å²) in [6, 6.07) is 0.360. The lowest BCUT2D eigenvalue weighted by Gasteiger charge is -2.57. The third-order valence-electron chi connectivity index (χ3n) is 5.41. The van der Waals surface area contributed by atoms with Gasteiger partial charge >= 0.3 is 6.01 Å². The molecule has 0 radical (unpaired) electrons. The van der Waals surface area contributed by atoms with Crippen LogP contribution in [0, 0.1) is 16.7 Å². The summed E-state index contributed by atoms with van der Waals surface area (Å²) in [7, 11) is 7.47. The number of amides is 1. The van der Waals surface area contributed by atoms with Crippen molar-refractivity contribution in [3.63, 3.8) is 0 Å². The van der Waals surface area contributed by atoms with Crippen LogP contribution in [0.1, 0.15) is 30.9 Å². The number of hydrogen-bond acceptors (Lipinski definition) is 5. The largest absolute Gasteiger partial charge is 0.467 e. The van der Waals surface area contributed by atoms with Crippen molar-refractivity contribution in [1.29, 1.82) is 0 Å². The van der Waals surface area contributed by atoms with Crippen molar-refractivity contribution >= 4 is 5.91 Å². The van der Waals surface area contributed by atoms with E-state index in [-0.39, 0.29) is 17.1 Å². The van der Waals surface area contributed by atoms with Crippen molar-refractivity contribution < 1.29 is 9.53 Å². The van der Waals surface area contributed by atoms with Gasteiger partial charge in [0.05, 0.1) is 7.11 Å². The summed E-state index contributed by atoms with van der Waals surface area (Å²) in [4.78, 5) is 21.2. The monoisotopic (exact) mass is 321 g/mol. The fourth-order valence-electron chi connectivity index (χ4n) is 4.90. The van der Waals surface area contributed by atoms with Gasteiger partial charge in [-0.05, 0) is 31.8 Å². The van der Waals surface area contributed by atoms with Crippen molar-refractivity contribution in [3.8, 4) is 6.01 Å². The fourth-order valence-corrected chi connectivity index (χ4v) is 4.90. The Hall–Kier alpha value is -1.63. The van der Waals surface area contributed by atoms with Crippen LogP contribution < -0.4 is 4.74 Å². The van der Waals surface area contributed by atoms with Gasteiger partial charge in [-0.3, -0.25) is 4.79 Å². The van der Waals surface area contributed by atoms with Gasteiger partial charge in [0.1, 0.15) is 0 Å². The van der Waals surface area contributed by atoms with Crippen LogP contribution in [0.2, 0.25) is 0 Å². The van der Waals surface area contributed by atoms with Crippen LogP contribution in [0.5, 0.6) is 6.01 Å². The molecule has 1 saturated heterocycles. The first-order chi connectivity index (χ1) is 10.7. The Balaban J connectivity index is 1.81. The molecule has 2 fully saturated rings. The van der Waals surface area contributed by atoms with E-state index < -0.39 is 0 Å². The third-order valence-corrected chi connectivity index (χ3v) is 5.41. The number of rotatable bonds is 4. The molecule has 128 valence electrons. The first kappa shape index (κ1) is 16.2. The zero-order chi connectivity index (χ0) is 17.0. The van der Waals surface area contributed by atoms with Gasteiger partial charge in [-0.25, -0.2) is 4.68 Å². The molecule has 7 nitrogen and oxygen atoms in total. The lowest BCUT2D eigenvalue weighted by molar-refractivity contribution is -0.0789. The molecule has 23 heavy (non-hydrogen) atoms. The van der Waals surface area contributed by atoms with Crippen LogP contribution in [0.15, 0.2) is 0 Å². The highest BCUT2D eigenvalue weighted by molar-refractivity contribution is 5.90. The summed E-state index contributed by atoms with van der Waals surface area (Å²) < 4.78 is 6.61. The van der Waals surface area contributed by atoms with E-state index in [1.807, 2.05) is 4.90 Å². The summed E-state index contributed by atoms with van der Waals surface area (Å²) in [5, 5.41) is 4.20. The maximum atomic E-state index is 12.8.